The minimum absolute atomic E-state index is 0.0479. The number of hydrogen-bond acceptors (Lipinski definition) is 7. The van der Waals surface area contributed by atoms with Crippen molar-refractivity contribution in [3.05, 3.63) is 53.3 Å². The number of carbonyl (C=O) groups is 2. The van der Waals surface area contributed by atoms with Crippen LogP contribution in [0.2, 0.25) is 0 Å². The second-order valence-corrected chi connectivity index (χ2v) is 10.7. The first-order chi connectivity index (χ1) is 18.7. The summed E-state index contributed by atoms with van der Waals surface area (Å²) in [6.45, 7) is 5.41. The predicted octanol–water partition coefficient (Wildman–Crippen LogP) is 4.46. The predicted molar refractivity (Wildman–Crippen MR) is 136 cm³/mol. The van der Waals surface area contributed by atoms with E-state index in [0.717, 1.165) is 36.6 Å². The number of methoxy groups -OCH3 is 1. The van der Waals surface area contributed by atoms with Gasteiger partial charge in [-0.25, -0.2) is 14.1 Å². The number of nitrogens with zero attached hydrogens (tertiary/aromatic N) is 4. The van der Waals surface area contributed by atoms with Crippen molar-refractivity contribution >= 4 is 17.5 Å². The molecule has 10 nitrogen and oxygen atoms in total. The molecule has 208 valence electrons. The Balaban J connectivity index is 1.39. The van der Waals surface area contributed by atoms with Crippen LogP contribution in [0.4, 0.5) is 14.5 Å². The molecule has 0 aliphatic heterocycles. The van der Waals surface area contributed by atoms with Crippen LogP contribution in [0.5, 0.6) is 5.88 Å². The summed E-state index contributed by atoms with van der Waals surface area (Å²) in [5, 5.41) is 13.6. The van der Waals surface area contributed by atoms with Gasteiger partial charge in [-0.1, -0.05) is 19.0 Å². The summed E-state index contributed by atoms with van der Waals surface area (Å²) in [4.78, 5) is 30.8. The second kappa shape index (κ2) is 10.7. The maximum Gasteiger partial charge on any atom is 0.257 e. The molecular weight excluding hydrogens is 510 g/mol. The zero-order valence-corrected chi connectivity index (χ0v) is 22.3. The van der Waals surface area contributed by atoms with Crippen LogP contribution in [0.3, 0.4) is 0 Å². The first-order valence-electron chi connectivity index (χ1n) is 13.2. The molecule has 2 fully saturated rings. The number of anilines is 1. The third kappa shape index (κ3) is 5.50. The minimum Gasteiger partial charge on any atom is -0.481 e. The molecule has 2 aliphatic rings. The lowest BCUT2D eigenvalue weighted by Crippen LogP contribution is -2.50. The Morgan fingerprint density at radius 1 is 1.13 bits per heavy atom. The Bertz CT molecular complexity index is 1350. The van der Waals surface area contributed by atoms with E-state index in [1.165, 1.54) is 25.6 Å². The molecule has 0 radical (unpaired) electrons. The lowest BCUT2D eigenvalue weighted by molar-refractivity contribution is -0.119. The van der Waals surface area contributed by atoms with Gasteiger partial charge in [0.1, 0.15) is 29.4 Å². The number of rotatable bonds is 11. The smallest absolute Gasteiger partial charge is 0.257 e. The van der Waals surface area contributed by atoms with Gasteiger partial charge in [0.15, 0.2) is 0 Å². The van der Waals surface area contributed by atoms with E-state index in [4.69, 9.17) is 9.26 Å². The summed E-state index contributed by atoms with van der Waals surface area (Å²) in [5.74, 6) is -1.72. The van der Waals surface area contributed by atoms with Crippen molar-refractivity contribution in [3.8, 4) is 5.88 Å². The maximum absolute atomic E-state index is 15.5. The van der Waals surface area contributed by atoms with E-state index in [0.29, 0.717) is 23.1 Å². The summed E-state index contributed by atoms with van der Waals surface area (Å²) in [5.41, 5.74) is 0.926. The Morgan fingerprint density at radius 3 is 2.44 bits per heavy atom. The van der Waals surface area contributed by atoms with E-state index in [2.05, 4.69) is 25.9 Å². The van der Waals surface area contributed by atoms with E-state index in [1.54, 1.807) is 6.92 Å². The van der Waals surface area contributed by atoms with Crippen molar-refractivity contribution in [1.82, 2.24) is 25.2 Å². The summed E-state index contributed by atoms with van der Waals surface area (Å²) >= 11 is 0. The fraction of sp³-hybridized carbons (Fsp3) is 0.519. The number of aromatic nitrogens is 4. The molecule has 2 amide bonds. The van der Waals surface area contributed by atoms with Gasteiger partial charge in [-0.2, -0.15) is 9.49 Å². The molecule has 3 aromatic rings. The van der Waals surface area contributed by atoms with E-state index in [9.17, 15) is 14.0 Å². The molecule has 2 atom stereocenters. The van der Waals surface area contributed by atoms with Crippen LogP contribution in [0.25, 0.3) is 0 Å². The highest BCUT2D eigenvalue weighted by Crippen LogP contribution is 2.51. The van der Waals surface area contributed by atoms with Gasteiger partial charge in [0.25, 0.3) is 5.91 Å². The van der Waals surface area contributed by atoms with Crippen LogP contribution in [-0.4, -0.2) is 44.9 Å². The Morgan fingerprint density at radius 2 is 1.82 bits per heavy atom. The largest absolute Gasteiger partial charge is 0.481 e. The third-order valence-corrected chi connectivity index (χ3v) is 7.52. The fourth-order valence-electron chi connectivity index (χ4n) is 5.23. The van der Waals surface area contributed by atoms with Crippen molar-refractivity contribution in [2.24, 2.45) is 17.8 Å². The number of pyridine rings is 1. The van der Waals surface area contributed by atoms with Crippen LogP contribution >= 0.6 is 0 Å². The standard InChI is InChI=1S/C27H32F2N6O4/c1-13(2)22-19(12-39-34-22)25(36)33-23(21(15-5-6-15)16-7-8-16)26(37)32-20-11-31-35(24(20)29)14(3)18-9-17(28)10-30-27(18)38-4/h9-16,21,23H,5-8H2,1-4H3,(H,32,37)(H,33,36). The molecule has 12 heteroatoms. The number of carbonyl (C=O) groups excluding carboxylic acids is 2. The number of ether oxygens (including phenoxy) is 1. The van der Waals surface area contributed by atoms with Gasteiger partial charge in [0, 0.05) is 5.56 Å². The highest BCUT2D eigenvalue weighted by molar-refractivity contribution is 6.01. The summed E-state index contributed by atoms with van der Waals surface area (Å²) < 4.78 is 40.7. The van der Waals surface area contributed by atoms with E-state index in [-0.39, 0.29) is 29.0 Å². The SMILES string of the molecule is COc1ncc(F)cc1C(C)n1ncc(NC(=O)C(NC(=O)c2conc2C(C)C)C(C2CC2)C2CC2)c1F. The molecule has 2 aliphatic carbocycles. The molecule has 5 rings (SSSR count). The Kier molecular flexibility index (Phi) is 7.37. The molecule has 2 N–H and O–H groups in total. The zero-order valence-electron chi connectivity index (χ0n) is 22.3. The molecule has 0 aromatic carbocycles. The Hall–Kier alpha value is -3.83. The van der Waals surface area contributed by atoms with Gasteiger partial charge in [-0.05, 0) is 62.3 Å². The van der Waals surface area contributed by atoms with E-state index >= 15 is 4.39 Å². The molecule has 3 aromatic heterocycles. The van der Waals surface area contributed by atoms with Crippen molar-refractivity contribution in [2.75, 3.05) is 12.4 Å². The Labute approximate surface area is 224 Å². The normalized spacial score (nSPS) is 16.8. The quantitative estimate of drug-likeness (QED) is 0.367. The summed E-state index contributed by atoms with van der Waals surface area (Å²) in [6, 6.07) is -0.453. The number of amides is 2. The highest BCUT2D eigenvalue weighted by atomic mass is 19.1. The molecule has 0 bridgehead atoms. The third-order valence-electron chi connectivity index (χ3n) is 7.52. The monoisotopic (exact) mass is 542 g/mol. The summed E-state index contributed by atoms with van der Waals surface area (Å²) in [6.07, 6.45) is 7.43. The van der Waals surface area contributed by atoms with Gasteiger partial charge in [0.05, 0.1) is 31.2 Å². The average Bonchev–Trinajstić information content (AvgIpc) is 3.84. The van der Waals surface area contributed by atoms with Crippen molar-refractivity contribution in [1.29, 1.82) is 0 Å². The van der Waals surface area contributed by atoms with Crippen molar-refractivity contribution in [3.63, 3.8) is 0 Å². The number of halogens is 2. The maximum atomic E-state index is 15.5. The van der Waals surface area contributed by atoms with Gasteiger partial charge < -0.3 is 19.9 Å². The van der Waals surface area contributed by atoms with Gasteiger partial charge in [-0.3, -0.25) is 9.59 Å². The van der Waals surface area contributed by atoms with Crippen LogP contribution in [0, 0.1) is 29.5 Å². The molecule has 3 heterocycles. The van der Waals surface area contributed by atoms with Crippen LogP contribution in [0.1, 0.15) is 80.0 Å². The zero-order chi connectivity index (χ0) is 27.8. The minimum atomic E-state index is -0.875. The van der Waals surface area contributed by atoms with Gasteiger partial charge in [0.2, 0.25) is 17.7 Å². The lowest BCUT2D eigenvalue weighted by atomic mass is 9.88. The van der Waals surface area contributed by atoms with Crippen LogP contribution < -0.4 is 15.4 Å². The molecule has 0 saturated heterocycles. The van der Waals surface area contributed by atoms with Crippen LogP contribution in [-0.2, 0) is 4.79 Å². The first-order valence-corrected chi connectivity index (χ1v) is 13.2. The summed E-state index contributed by atoms with van der Waals surface area (Å²) in [7, 11) is 1.38. The van der Waals surface area contributed by atoms with Crippen LogP contribution in [0.15, 0.2) is 29.2 Å². The molecule has 2 unspecified atom stereocenters. The fourth-order valence-corrected chi connectivity index (χ4v) is 5.23. The van der Waals surface area contributed by atoms with Crippen molar-refractivity contribution in [2.45, 2.75) is 64.5 Å². The first kappa shape index (κ1) is 26.8. The average molecular weight is 543 g/mol. The molecule has 0 spiro atoms. The highest BCUT2D eigenvalue weighted by Gasteiger charge is 2.48. The number of hydrogen-bond donors (Lipinski definition) is 2. The number of nitrogens with one attached hydrogen (secondary N) is 2. The van der Waals surface area contributed by atoms with Gasteiger partial charge >= 0.3 is 0 Å². The molecule has 39 heavy (non-hydrogen) atoms. The molecule has 2 saturated carbocycles. The lowest BCUT2D eigenvalue weighted by Gasteiger charge is -2.27. The molecular formula is C27H32F2N6O4. The topological polar surface area (TPSA) is 124 Å². The van der Waals surface area contributed by atoms with Gasteiger partial charge in [-0.15, -0.1) is 0 Å². The van der Waals surface area contributed by atoms with Crippen molar-refractivity contribution < 1.29 is 27.6 Å². The van der Waals surface area contributed by atoms with E-state index in [1.807, 2.05) is 13.8 Å². The second-order valence-electron chi connectivity index (χ2n) is 10.7. The van der Waals surface area contributed by atoms with E-state index < -0.39 is 35.7 Å².